The molecule has 1 amide bonds. The van der Waals surface area contributed by atoms with Crippen molar-refractivity contribution in [2.45, 2.75) is 18.6 Å². The van der Waals surface area contributed by atoms with Gasteiger partial charge in [-0.2, -0.15) is 0 Å². The smallest absolute Gasteiger partial charge is 0.262 e. The Hall–Kier alpha value is -2.14. The van der Waals surface area contributed by atoms with Crippen molar-refractivity contribution in [2.75, 3.05) is 6.54 Å². The summed E-state index contributed by atoms with van der Waals surface area (Å²) >= 11 is 0. The molecular formula is C15H14N2O3. The van der Waals surface area contributed by atoms with Crippen molar-refractivity contribution in [3.05, 3.63) is 45.7 Å². The highest BCUT2D eigenvalue weighted by atomic mass is 16.3. The fraction of sp³-hybridized carbons (Fsp3) is 0.333. The van der Waals surface area contributed by atoms with Gasteiger partial charge < -0.3 is 14.6 Å². The Morgan fingerprint density at radius 1 is 1.25 bits per heavy atom. The van der Waals surface area contributed by atoms with E-state index in [1.807, 2.05) is 12.1 Å². The molecule has 1 aromatic carbocycles. The molecule has 102 valence electrons. The van der Waals surface area contributed by atoms with E-state index in [9.17, 15) is 14.7 Å². The van der Waals surface area contributed by atoms with Crippen LogP contribution in [-0.4, -0.2) is 27.0 Å². The van der Waals surface area contributed by atoms with Crippen molar-refractivity contribution in [3.8, 4) is 0 Å². The zero-order chi connectivity index (χ0) is 14.1. The zero-order valence-corrected chi connectivity index (χ0v) is 11.1. The molecule has 1 N–H and O–H groups in total. The molecule has 5 heteroatoms. The molecule has 2 aromatic rings. The van der Waals surface area contributed by atoms with E-state index in [1.54, 1.807) is 23.7 Å². The van der Waals surface area contributed by atoms with Gasteiger partial charge in [-0.25, -0.2) is 0 Å². The molecule has 3 heterocycles. The lowest BCUT2D eigenvalue weighted by molar-refractivity contribution is -0.0623. The number of aliphatic hydroxyl groups is 1. The molecule has 1 fully saturated rings. The number of carbonyl (C=O) groups is 1. The van der Waals surface area contributed by atoms with Crippen molar-refractivity contribution in [3.63, 3.8) is 0 Å². The highest BCUT2D eigenvalue weighted by Gasteiger charge is 2.54. The third kappa shape index (κ3) is 1.12. The number of amides is 1. The van der Waals surface area contributed by atoms with E-state index in [2.05, 4.69) is 0 Å². The maximum atomic E-state index is 12.6. The molecule has 2 aliphatic rings. The molecule has 1 unspecified atom stereocenters. The Morgan fingerprint density at radius 2 is 2.00 bits per heavy atom. The summed E-state index contributed by atoms with van der Waals surface area (Å²) in [5, 5.41) is 11.4. The molecule has 0 saturated carbocycles. The van der Waals surface area contributed by atoms with Gasteiger partial charge in [0.05, 0.1) is 11.2 Å². The van der Waals surface area contributed by atoms with Crippen LogP contribution in [0.25, 0.3) is 10.9 Å². The number of rotatable bonds is 0. The molecule has 0 aliphatic carbocycles. The van der Waals surface area contributed by atoms with Crippen LogP contribution in [0, 0.1) is 0 Å². The van der Waals surface area contributed by atoms with Crippen LogP contribution in [0.4, 0.5) is 0 Å². The van der Waals surface area contributed by atoms with Gasteiger partial charge in [-0.1, -0.05) is 12.1 Å². The Balaban J connectivity index is 2.22. The first-order valence-corrected chi connectivity index (χ1v) is 6.72. The highest BCUT2D eigenvalue weighted by Crippen LogP contribution is 2.43. The summed E-state index contributed by atoms with van der Waals surface area (Å²) in [5.41, 5.74) is -0.269. The number of hydrogen-bond donors (Lipinski definition) is 1. The quantitative estimate of drug-likeness (QED) is 0.774. The molecule has 0 bridgehead atoms. The predicted molar refractivity (Wildman–Crippen MR) is 73.4 cm³/mol. The monoisotopic (exact) mass is 270 g/mol. The summed E-state index contributed by atoms with van der Waals surface area (Å²) < 4.78 is 1.79. The summed E-state index contributed by atoms with van der Waals surface area (Å²) in [7, 11) is 1.80. The van der Waals surface area contributed by atoms with Crippen LogP contribution >= 0.6 is 0 Å². The van der Waals surface area contributed by atoms with Gasteiger partial charge >= 0.3 is 0 Å². The fourth-order valence-corrected chi connectivity index (χ4v) is 3.61. The number of nitrogens with zero attached hydrogens (tertiary/aromatic N) is 2. The van der Waals surface area contributed by atoms with E-state index < -0.39 is 5.72 Å². The molecule has 1 aromatic heterocycles. The minimum Gasteiger partial charge on any atom is -0.365 e. The third-order valence-corrected chi connectivity index (χ3v) is 4.50. The minimum absolute atomic E-state index is 0.133. The van der Waals surface area contributed by atoms with Crippen LogP contribution in [0.3, 0.4) is 0 Å². The summed E-state index contributed by atoms with van der Waals surface area (Å²) in [4.78, 5) is 26.5. The number of hydrogen-bond acceptors (Lipinski definition) is 3. The van der Waals surface area contributed by atoms with E-state index in [0.717, 1.165) is 11.9 Å². The van der Waals surface area contributed by atoms with E-state index >= 15 is 0 Å². The molecule has 1 atom stereocenters. The molecule has 0 radical (unpaired) electrons. The van der Waals surface area contributed by atoms with Crippen LogP contribution in [0.15, 0.2) is 29.1 Å². The number of aryl methyl sites for hydroxylation is 1. The molecule has 5 nitrogen and oxygen atoms in total. The Kier molecular flexibility index (Phi) is 2.04. The van der Waals surface area contributed by atoms with E-state index in [0.29, 0.717) is 24.0 Å². The third-order valence-electron chi connectivity index (χ3n) is 4.50. The van der Waals surface area contributed by atoms with Gasteiger partial charge in [-0.05, 0) is 18.6 Å². The second-order valence-corrected chi connectivity index (χ2v) is 5.51. The molecule has 2 aliphatic heterocycles. The van der Waals surface area contributed by atoms with Gasteiger partial charge in [0.2, 0.25) is 5.43 Å². The lowest BCUT2D eigenvalue weighted by atomic mass is 10.0. The number of pyridine rings is 1. The van der Waals surface area contributed by atoms with E-state index in [-0.39, 0.29) is 16.9 Å². The number of benzene rings is 1. The Bertz CT molecular complexity index is 824. The first kappa shape index (κ1) is 11.7. The summed E-state index contributed by atoms with van der Waals surface area (Å²) in [5.74, 6) is -0.341. The second kappa shape index (κ2) is 3.49. The molecule has 0 spiro atoms. The minimum atomic E-state index is -1.32. The number of fused-ring (bicyclic) bond motifs is 4. The average molecular weight is 270 g/mol. The van der Waals surface area contributed by atoms with Crippen LogP contribution in [0.1, 0.15) is 28.9 Å². The van der Waals surface area contributed by atoms with Gasteiger partial charge in [0.15, 0.2) is 5.72 Å². The molecule has 20 heavy (non-hydrogen) atoms. The number of carbonyl (C=O) groups excluding carboxylic acids is 1. The first-order chi connectivity index (χ1) is 9.55. The predicted octanol–water partition coefficient (Wildman–Crippen LogP) is 0.933. The van der Waals surface area contributed by atoms with Crippen LogP contribution < -0.4 is 5.43 Å². The largest absolute Gasteiger partial charge is 0.365 e. The van der Waals surface area contributed by atoms with Crippen LogP contribution in [0.2, 0.25) is 0 Å². The topological polar surface area (TPSA) is 62.5 Å². The van der Waals surface area contributed by atoms with Crippen LogP contribution in [-0.2, 0) is 12.8 Å². The fourth-order valence-electron chi connectivity index (χ4n) is 3.61. The maximum absolute atomic E-state index is 12.6. The SMILES string of the molecule is Cn1c2c(c(=O)c3ccccc31)C(=O)N1CCCC21O. The van der Waals surface area contributed by atoms with Crippen LogP contribution in [0.5, 0.6) is 0 Å². The lowest BCUT2D eigenvalue weighted by Gasteiger charge is -2.28. The summed E-state index contributed by atoms with van der Waals surface area (Å²) in [6, 6.07) is 7.19. The summed E-state index contributed by atoms with van der Waals surface area (Å²) in [6.45, 7) is 0.500. The molecular weight excluding hydrogens is 256 g/mol. The van der Waals surface area contributed by atoms with E-state index in [1.165, 1.54) is 4.90 Å². The van der Waals surface area contributed by atoms with Crippen molar-refractivity contribution >= 4 is 16.8 Å². The van der Waals surface area contributed by atoms with E-state index in [4.69, 9.17) is 0 Å². The van der Waals surface area contributed by atoms with Gasteiger partial charge in [0.1, 0.15) is 5.56 Å². The van der Waals surface area contributed by atoms with Gasteiger partial charge in [-0.3, -0.25) is 9.59 Å². The zero-order valence-electron chi connectivity index (χ0n) is 11.1. The van der Waals surface area contributed by atoms with Crippen molar-refractivity contribution in [1.82, 2.24) is 9.47 Å². The van der Waals surface area contributed by atoms with Gasteiger partial charge in [0.25, 0.3) is 5.91 Å². The normalized spacial score (nSPS) is 24.3. The average Bonchev–Trinajstić information content (AvgIpc) is 2.92. The first-order valence-electron chi connectivity index (χ1n) is 6.72. The lowest BCUT2D eigenvalue weighted by Crippen LogP contribution is -2.39. The van der Waals surface area contributed by atoms with Gasteiger partial charge in [-0.15, -0.1) is 0 Å². The molecule has 4 rings (SSSR count). The number of aromatic nitrogens is 1. The second-order valence-electron chi connectivity index (χ2n) is 5.51. The standard InChI is InChI=1S/C15H14N2O3/c1-16-10-6-3-2-5-9(10)12(18)11-13(16)15(20)7-4-8-17(15)14(11)19/h2-3,5-6,20H,4,7-8H2,1H3. The van der Waals surface area contributed by atoms with Crippen molar-refractivity contribution in [2.24, 2.45) is 7.05 Å². The Labute approximate surface area is 115 Å². The Morgan fingerprint density at radius 3 is 2.80 bits per heavy atom. The summed E-state index contributed by atoms with van der Waals surface area (Å²) in [6.07, 6.45) is 1.24. The highest BCUT2D eigenvalue weighted by molar-refractivity contribution is 6.02. The van der Waals surface area contributed by atoms with Crippen molar-refractivity contribution in [1.29, 1.82) is 0 Å². The molecule has 1 saturated heterocycles. The maximum Gasteiger partial charge on any atom is 0.262 e. The number of para-hydroxylation sites is 1. The van der Waals surface area contributed by atoms with Crippen molar-refractivity contribution < 1.29 is 9.90 Å². The van der Waals surface area contributed by atoms with Gasteiger partial charge in [0, 0.05) is 25.4 Å².